The molecule has 1 aromatic heterocycles. The molecule has 0 amide bonds. The van der Waals surface area contributed by atoms with E-state index < -0.39 is 5.97 Å². The van der Waals surface area contributed by atoms with Crippen LogP contribution in [0, 0.1) is 0 Å². The van der Waals surface area contributed by atoms with Crippen molar-refractivity contribution in [3.05, 3.63) is 46.8 Å². The third kappa shape index (κ3) is 2.82. The average molecular weight is 302 g/mol. The minimum Gasteiger partial charge on any atom is -0.478 e. The molecule has 3 rings (SSSR count). The Bertz CT molecular complexity index is 681. The molecule has 1 aliphatic rings. The summed E-state index contributed by atoms with van der Waals surface area (Å²) in [7, 11) is 0. The quantitative estimate of drug-likeness (QED) is 0.914. The lowest BCUT2D eigenvalue weighted by atomic mass is 10.1. The summed E-state index contributed by atoms with van der Waals surface area (Å²) in [5.41, 5.74) is 3.02. The van der Waals surface area contributed by atoms with Gasteiger partial charge in [0.1, 0.15) is 11.5 Å². The highest BCUT2D eigenvalue weighted by Gasteiger charge is 2.21. The topological polar surface area (TPSA) is 75.8 Å². The van der Waals surface area contributed by atoms with Crippen LogP contribution in [0.3, 0.4) is 0 Å². The summed E-state index contributed by atoms with van der Waals surface area (Å²) in [5, 5.41) is 13.3. The van der Waals surface area contributed by atoms with Gasteiger partial charge in [0.25, 0.3) is 0 Å². The fourth-order valence-electron chi connectivity index (χ4n) is 2.61. The van der Waals surface area contributed by atoms with Crippen molar-refractivity contribution in [2.45, 2.75) is 26.5 Å². The number of hydrogen-bond acceptors (Lipinski definition) is 5. The monoisotopic (exact) mass is 302 g/mol. The first-order valence-corrected chi connectivity index (χ1v) is 7.31. The number of aromatic nitrogens is 1. The second-order valence-corrected chi connectivity index (χ2v) is 5.20. The van der Waals surface area contributed by atoms with Gasteiger partial charge in [0.15, 0.2) is 0 Å². The number of carboxylic acid groups (broad SMARTS) is 1. The zero-order valence-electron chi connectivity index (χ0n) is 12.4. The molecule has 0 radical (unpaired) electrons. The number of ether oxygens (including phenoxy) is 1. The smallest absolute Gasteiger partial charge is 0.335 e. The van der Waals surface area contributed by atoms with Gasteiger partial charge in [-0.2, -0.15) is 0 Å². The summed E-state index contributed by atoms with van der Waals surface area (Å²) in [5.74, 6) is -0.0262. The first-order chi connectivity index (χ1) is 10.7. The highest BCUT2D eigenvalue weighted by molar-refractivity contribution is 5.88. The number of carbonyl (C=O) groups is 1. The fraction of sp³-hybridized carbons (Fsp3) is 0.375. The molecule has 0 unspecified atom stereocenters. The minimum absolute atomic E-state index is 0.279. The van der Waals surface area contributed by atoms with Crippen LogP contribution < -0.4 is 4.90 Å². The highest BCUT2D eigenvalue weighted by Crippen LogP contribution is 2.24. The van der Waals surface area contributed by atoms with Gasteiger partial charge in [-0.05, 0) is 25.1 Å². The maximum atomic E-state index is 11.1. The molecule has 1 aromatic carbocycles. The number of fused-ring (bicyclic) bond motifs is 1. The Morgan fingerprint density at radius 1 is 1.45 bits per heavy atom. The summed E-state index contributed by atoms with van der Waals surface area (Å²) >= 11 is 0. The molecule has 1 N–H and O–H groups in total. The number of rotatable bonds is 5. The maximum absolute atomic E-state index is 11.1. The van der Waals surface area contributed by atoms with E-state index in [1.165, 1.54) is 0 Å². The summed E-state index contributed by atoms with van der Waals surface area (Å²) in [6, 6.07) is 6.92. The Morgan fingerprint density at radius 3 is 3.09 bits per heavy atom. The van der Waals surface area contributed by atoms with E-state index in [1.54, 1.807) is 18.2 Å². The molecule has 0 saturated carbocycles. The van der Waals surface area contributed by atoms with Crippen LogP contribution in [0.2, 0.25) is 0 Å². The number of benzene rings is 1. The number of carboxylic acids is 1. The number of aromatic carboxylic acids is 1. The van der Waals surface area contributed by atoms with Crippen molar-refractivity contribution in [1.29, 1.82) is 0 Å². The Balaban J connectivity index is 1.84. The molecule has 1 aliphatic heterocycles. The summed E-state index contributed by atoms with van der Waals surface area (Å²) in [6.07, 6.45) is 0.753. The van der Waals surface area contributed by atoms with Crippen molar-refractivity contribution in [2.24, 2.45) is 0 Å². The van der Waals surface area contributed by atoms with Crippen LogP contribution in [0.1, 0.15) is 34.3 Å². The lowest BCUT2D eigenvalue weighted by molar-refractivity contribution is 0.0697. The van der Waals surface area contributed by atoms with Gasteiger partial charge >= 0.3 is 5.97 Å². The predicted octanol–water partition coefficient (Wildman–Crippen LogP) is 2.47. The third-order valence-corrected chi connectivity index (χ3v) is 3.85. The SMILES string of the molecule is CCN(Cc1noc2c1COCC2)c1cccc(C(=O)O)c1. The van der Waals surface area contributed by atoms with E-state index in [4.69, 9.17) is 14.4 Å². The largest absolute Gasteiger partial charge is 0.478 e. The standard InChI is InChI=1S/C16H18N2O4/c1-2-18(12-5-3-4-11(8-12)16(19)20)9-14-13-10-21-7-6-15(13)22-17-14/h3-5,8H,2,6-7,9-10H2,1H3,(H,19,20). The molecule has 0 spiro atoms. The molecule has 0 fully saturated rings. The van der Waals surface area contributed by atoms with Crippen LogP contribution >= 0.6 is 0 Å². The van der Waals surface area contributed by atoms with Crippen molar-refractivity contribution in [1.82, 2.24) is 5.16 Å². The average Bonchev–Trinajstić information content (AvgIpc) is 2.96. The van der Waals surface area contributed by atoms with Gasteiger partial charge in [0.05, 0.1) is 25.3 Å². The van der Waals surface area contributed by atoms with Crippen molar-refractivity contribution < 1.29 is 19.2 Å². The van der Waals surface area contributed by atoms with E-state index in [0.717, 1.165) is 35.7 Å². The molecule has 6 heteroatoms. The van der Waals surface area contributed by atoms with Crippen LogP contribution in [0.5, 0.6) is 0 Å². The number of hydrogen-bond donors (Lipinski definition) is 1. The first-order valence-electron chi connectivity index (χ1n) is 7.31. The third-order valence-electron chi connectivity index (χ3n) is 3.85. The number of nitrogens with zero attached hydrogens (tertiary/aromatic N) is 2. The van der Waals surface area contributed by atoms with Crippen LogP contribution in [-0.2, 0) is 24.3 Å². The maximum Gasteiger partial charge on any atom is 0.335 e. The fourth-order valence-corrected chi connectivity index (χ4v) is 2.61. The Morgan fingerprint density at radius 2 is 2.32 bits per heavy atom. The van der Waals surface area contributed by atoms with E-state index in [2.05, 4.69) is 10.1 Å². The van der Waals surface area contributed by atoms with E-state index >= 15 is 0 Å². The minimum atomic E-state index is -0.926. The van der Waals surface area contributed by atoms with Crippen LogP contribution in [-0.4, -0.2) is 29.4 Å². The van der Waals surface area contributed by atoms with Crippen molar-refractivity contribution in [3.8, 4) is 0 Å². The molecular formula is C16H18N2O4. The zero-order valence-corrected chi connectivity index (χ0v) is 12.4. The van der Waals surface area contributed by atoms with E-state index in [9.17, 15) is 4.79 Å². The number of anilines is 1. The second kappa shape index (κ2) is 6.19. The van der Waals surface area contributed by atoms with E-state index in [1.807, 2.05) is 13.0 Å². The molecule has 0 aliphatic carbocycles. The Kier molecular flexibility index (Phi) is 4.11. The molecule has 6 nitrogen and oxygen atoms in total. The summed E-state index contributed by atoms with van der Waals surface area (Å²) in [6.45, 7) is 4.53. The van der Waals surface area contributed by atoms with Crippen molar-refractivity contribution in [2.75, 3.05) is 18.1 Å². The van der Waals surface area contributed by atoms with E-state index in [-0.39, 0.29) is 5.56 Å². The van der Waals surface area contributed by atoms with Crippen LogP contribution in [0.25, 0.3) is 0 Å². The van der Waals surface area contributed by atoms with Gasteiger partial charge in [0, 0.05) is 24.2 Å². The molecule has 116 valence electrons. The normalized spacial score (nSPS) is 13.7. The van der Waals surface area contributed by atoms with Gasteiger partial charge in [-0.1, -0.05) is 11.2 Å². The highest BCUT2D eigenvalue weighted by atomic mass is 16.5. The van der Waals surface area contributed by atoms with Crippen LogP contribution in [0.15, 0.2) is 28.8 Å². The Labute approximate surface area is 128 Å². The van der Waals surface area contributed by atoms with Crippen molar-refractivity contribution >= 4 is 11.7 Å². The van der Waals surface area contributed by atoms with Gasteiger partial charge < -0.3 is 19.3 Å². The molecular weight excluding hydrogens is 284 g/mol. The van der Waals surface area contributed by atoms with Gasteiger partial charge in [-0.15, -0.1) is 0 Å². The second-order valence-electron chi connectivity index (χ2n) is 5.20. The molecule has 0 atom stereocenters. The molecule has 2 aromatic rings. The molecule has 0 saturated heterocycles. The predicted molar refractivity (Wildman–Crippen MR) is 80.0 cm³/mol. The van der Waals surface area contributed by atoms with E-state index in [0.29, 0.717) is 19.8 Å². The Hall–Kier alpha value is -2.34. The lowest BCUT2D eigenvalue weighted by Gasteiger charge is -2.23. The zero-order chi connectivity index (χ0) is 15.5. The summed E-state index contributed by atoms with van der Waals surface area (Å²) in [4.78, 5) is 13.2. The van der Waals surface area contributed by atoms with Crippen molar-refractivity contribution in [3.63, 3.8) is 0 Å². The summed E-state index contributed by atoms with van der Waals surface area (Å²) < 4.78 is 10.8. The first kappa shape index (κ1) is 14.6. The van der Waals surface area contributed by atoms with Gasteiger partial charge in [-0.25, -0.2) is 4.79 Å². The molecule has 0 bridgehead atoms. The van der Waals surface area contributed by atoms with Gasteiger partial charge in [0.2, 0.25) is 0 Å². The lowest BCUT2D eigenvalue weighted by Crippen LogP contribution is -2.23. The molecule has 2 heterocycles. The van der Waals surface area contributed by atoms with Crippen LogP contribution in [0.4, 0.5) is 5.69 Å². The van der Waals surface area contributed by atoms with Gasteiger partial charge in [-0.3, -0.25) is 0 Å². The molecule has 22 heavy (non-hydrogen) atoms.